The second-order valence-electron chi connectivity index (χ2n) is 4.25. The third-order valence-electron chi connectivity index (χ3n) is 2.26. The van der Waals surface area contributed by atoms with Crippen molar-refractivity contribution in [1.82, 2.24) is 5.32 Å². The molecule has 0 fully saturated rings. The highest BCUT2D eigenvalue weighted by Gasteiger charge is 1.99. The molecule has 1 N–H and O–H groups in total. The zero-order valence-corrected chi connectivity index (χ0v) is 11.6. The van der Waals surface area contributed by atoms with Crippen LogP contribution in [0.3, 0.4) is 0 Å². The van der Waals surface area contributed by atoms with Crippen LogP contribution in [0.4, 0.5) is 0 Å². The zero-order chi connectivity index (χ0) is 12.7. The lowest BCUT2D eigenvalue weighted by Gasteiger charge is -2.12. The van der Waals surface area contributed by atoms with Crippen LogP contribution in [0.2, 0.25) is 0 Å². The number of rotatable bonds is 7. The predicted molar refractivity (Wildman–Crippen MR) is 76.0 cm³/mol. The highest BCUT2D eigenvalue weighted by Crippen LogP contribution is 2.19. The van der Waals surface area contributed by atoms with Gasteiger partial charge in [0.1, 0.15) is 12.4 Å². The molecule has 0 radical (unpaired) electrons. The number of thioether (sulfide) groups is 1. The molecule has 0 saturated carbocycles. The first-order valence-corrected chi connectivity index (χ1v) is 7.01. The number of benzene rings is 1. The average molecular weight is 251 g/mol. The fourth-order valence-electron chi connectivity index (χ4n) is 1.26. The van der Waals surface area contributed by atoms with Crippen LogP contribution >= 0.6 is 11.8 Å². The Labute approximate surface area is 108 Å². The van der Waals surface area contributed by atoms with E-state index in [-0.39, 0.29) is 0 Å². The van der Waals surface area contributed by atoms with E-state index >= 15 is 0 Å². The molecule has 0 atom stereocenters. The maximum atomic E-state index is 5.65. The van der Waals surface area contributed by atoms with Gasteiger partial charge in [-0.05, 0) is 36.1 Å². The zero-order valence-electron chi connectivity index (χ0n) is 10.8. The van der Waals surface area contributed by atoms with Crippen LogP contribution in [-0.4, -0.2) is 25.4 Å². The van der Waals surface area contributed by atoms with Crippen molar-refractivity contribution in [3.8, 4) is 5.75 Å². The van der Waals surface area contributed by atoms with Crippen molar-refractivity contribution in [3.05, 3.63) is 36.4 Å². The van der Waals surface area contributed by atoms with Gasteiger partial charge < -0.3 is 10.1 Å². The lowest BCUT2D eigenvalue weighted by atomic mass is 10.3. The topological polar surface area (TPSA) is 21.3 Å². The Morgan fingerprint density at radius 1 is 1.35 bits per heavy atom. The summed E-state index contributed by atoms with van der Waals surface area (Å²) < 4.78 is 5.65. The number of ether oxygens (including phenoxy) is 1. The van der Waals surface area contributed by atoms with Crippen molar-refractivity contribution in [2.24, 2.45) is 0 Å². The van der Waals surface area contributed by atoms with Gasteiger partial charge in [-0.1, -0.05) is 20.4 Å². The van der Waals surface area contributed by atoms with Crippen LogP contribution in [0.15, 0.2) is 41.3 Å². The summed E-state index contributed by atoms with van der Waals surface area (Å²) in [6.45, 7) is 9.60. The molecule has 0 amide bonds. The SMILES string of the molecule is C=C(CNC(C)C)COc1ccc(SC)cc1. The minimum atomic E-state index is 0.479. The van der Waals surface area contributed by atoms with Gasteiger partial charge in [-0.2, -0.15) is 0 Å². The van der Waals surface area contributed by atoms with Gasteiger partial charge >= 0.3 is 0 Å². The monoisotopic (exact) mass is 251 g/mol. The molecule has 0 aliphatic rings. The van der Waals surface area contributed by atoms with Crippen LogP contribution in [-0.2, 0) is 0 Å². The highest BCUT2D eigenvalue weighted by molar-refractivity contribution is 7.98. The molecule has 1 aromatic rings. The Balaban J connectivity index is 2.31. The molecule has 0 heterocycles. The maximum absolute atomic E-state index is 5.65. The molecule has 0 saturated heterocycles. The summed E-state index contributed by atoms with van der Waals surface area (Å²) in [5.41, 5.74) is 1.06. The first-order chi connectivity index (χ1) is 8.11. The van der Waals surface area contributed by atoms with Crippen LogP contribution < -0.4 is 10.1 Å². The molecule has 17 heavy (non-hydrogen) atoms. The minimum Gasteiger partial charge on any atom is -0.489 e. The van der Waals surface area contributed by atoms with E-state index in [0.717, 1.165) is 17.9 Å². The molecule has 0 aliphatic carbocycles. The van der Waals surface area contributed by atoms with Gasteiger partial charge in [0.15, 0.2) is 0 Å². The smallest absolute Gasteiger partial charge is 0.119 e. The van der Waals surface area contributed by atoms with E-state index < -0.39 is 0 Å². The van der Waals surface area contributed by atoms with Gasteiger partial charge in [0.25, 0.3) is 0 Å². The normalized spacial score (nSPS) is 10.6. The van der Waals surface area contributed by atoms with Crippen LogP contribution in [0.5, 0.6) is 5.75 Å². The second kappa shape index (κ2) is 7.41. The van der Waals surface area contributed by atoms with Crippen LogP contribution in [0.1, 0.15) is 13.8 Å². The summed E-state index contributed by atoms with van der Waals surface area (Å²) in [6, 6.07) is 8.60. The molecule has 0 unspecified atom stereocenters. The van der Waals surface area contributed by atoms with Gasteiger partial charge in [-0.3, -0.25) is 0 Å². The maximum Gasteiger partial charge on any atom is 0.119 e. The third kappa shape index (κ3) is 5.80. The van der Waals surface area contributed by atoms with Gasteiger partial charge in [0.05, 0.1) is 0 Å². The predicted octanol–water partition coefficient (Wildman–Crippen LogP) is 3.34. The van der Waals surface area contributed by atoms with E-state index in [0.29, 0.717) is 12.6 Å². The molecule has 3 heteroatoms. The van der Waals surface area contributed by atoms with Crippen LogP contribution in [0, 0.1) is 0 Å². The molecule has 1 aromatic carbocycles. The van der Waals surface area contributed by atoms with Gasteiger partial charge in [0, 0.05) is 17.5 Å². The first kappa shape index (κ1) is 14.1. The molecule has 94 valence electrons. The summed E-state index contributed by atoms with van der Waals surface area (Å²) in [5, 5.41) is 3.32. The molecule has 0 aliphatic heterocycles. The number of hydrogen-bond acceptors (Lipinski definition) is 3. The molecule has 0 aromatic heterocycles. The van der Waals surface area contributed by atoms with Crippen LogP contribution in [0.25, 0.3) is 0 Å². The summed E-state index contributed by atoms with van der Waals surface area (Å²) in [6.07, 6.45) is 2.06. The quantitative estimate of drug-likeness (QED) is 0.593. The fourth-order valence-corrected chi connectivity index (χ4v) is 1.67. The van der Waals surface area contributed by atoms with E-state index in [1.807, 2.05) is 12.1 Å². The summed E-state index contributed by atoms with van der Waals surface area (Å²) >= 11 is 1.73. The lowest BCUT2D eigenvalue weighted by Crippen LogP contribution is -2.26. The molecule has 2 nitrogen and oxygen atoms in total. The Morgan fingerprint density at radius 3 is 2.53 bits per heavy atom. The van der Waals surface area contributed by atoms with Gasteiger partial charge in [0.2, 0.25) is 0 Å². The molecular formula is C14H21NOS. The van der Waals surface area contributed by atoms with Crippen molar-refractivity contribution < 1.29 is 4.74 Å². The van der Waals surface area contributed by atoms with Crippen molar-refractivity contribution in [3.63, 3.8) is 0 Å². The van der Waals surface area contributed by atoms with E-state index in [9.17, 15) is 0 Å². The standard InChI is InChI=1S/C14H21NOS/c1-11(2)15-9-12(3)10-16-13-5-7-14(17-4)8-6-13/h5-8,11,15H,3,9-10H2,1-2,4H3. The Bertz CT molecular complexity index is 346. The van der Waals surface area contributed by atoms with Crippen molar-refractivity contribution in [2.45, 2.75) is 24.8 Å². The van der Waals surface area contributed by atoms with Crippen molar-refractivity contribution in [1.29, 1.82) is 0 Å². The molecule has 1 rings (SSSR count). The van der Waals surface area contributed by atoms with E-state index in [1.54, 1.807) is 11.8 Å². The first-order valence-electron chi connectivity index (χ1n) is 5.78. The van der Waals surface area contributed by atoms with E-state index in [2.05, 4.69) is 44.1 Å². The summed E-state index contributed by atoms with van der Waals surface area (Å²) in [5.74, 6) is 0.897. The van der Waals surface area contributed by atoms with E-state index in [4.69, 9.17) is 4.74 Å². The Hall–Kier alpha value is -0.930. The second-order valence-corrected chi connectivity index (χ2v) is 5.13. The van der Waals surface area contributed by atoms with Gasteiger partial charge in [-0.15, -0.1) is 11.8 Å². The van der Waals surface area contributed by atoms with Crippen molar-refractivity contribution in [2.75, 3.05) is 19.4 Å². The number of nitrogens with one attached hydrogen (secondary N) is 1. The Kier molecular flexibility index (Phi) is 6.16. The molecular weight excluding hydrogens is 230 g/mol. The van der Waals surface area contributed by atoms with Crippen molar-refractivity contribution >= 4 is 11.8 Å². The highest BCUT2D eigenvalue weighted by atomic mass is 32.2. The third-order valence-corrected chi connectivity index (χ3v) is 3.01. The molecule has 0 spiro atoms. The summed E-state index contributed by atoms with van der Waals surface area (Å²) in [7, 11) is 0. The lowest BCUT2D eigenvalue weighted by molar-refractivity contribution is 0.347. The minimum absolute atomic E-state index is 0.479. The Morgan fingerprint density at radius 2 is 2.00 bits per heavy atom. The number of hydrogen-bond donors (Lipinski definition) is 1. The summed E-state index contributed by atoms with van der Waals surface area (Å²) in [4.78, 5) is 1.25. The average Bonchev–Trinajstić information content (AvgIpc) is 2.34. The fraction of sp³-hybridized carbons (Fsp3) is 0.429. The van der Waals surface area contributed by atoms with Gasteiger partial charge in [-0.25, -0.2) is 0 Å². The largest absolute Gasteiger partial charge is 0.489 e. The molecule has 0 bridgehead atoms. The van der Waals surface area contributed by atoms with E-state index in [1.165, 1.54) is 4.90 Å².